The Morgan fingerprint density at radius 3 is 2.88 bits per heavy atom. The summed E-state index contributed by atoms with van der Waals surface area (Å²) >= 11 is 0. The first-order valence-electron chi connectivity index (χ1n) is 5.00. The second kappa shape index (κ2) is 4.57. The van der Waals surface area contributed by atoms with E-state index in [1.165, 1.54) is 0 Å². The zero-order valence-electron chi connectivity index (χ0n) is 8.88. The summed E-state index contributed by atoms with van der Waals surface area (Å²) < 4.78 is 5.05. The van der Waals surface area contributed by atoms with Crippen molar-refractivity contribution in [3.8, 4) is 0 Å². The molecule has 0 aliphatic rings. The fourth-order valence-corrected chi connectivity index (χ4v) is 1.36. The van der Waals surface area contributed by atoms with E-state index in [2.05, 4.69) is 4.98 Å². The third-order valence-electron chi connectivity index (χ3n) is 2.09. The summed E-state index contributed by atoms with van der Waals surface area (Å²) in [6.45, 7) is 1.91. The summed E-state index contributed by atoms with van der Waals surface area (Å²) in [5, 5.41) is 0.505. The molecule has 0 atom stereocenters. The van der Waals surface area contributed by atoms with E-state index in [1.54, 1.807) is 30.4 Å². The van der Waals surface area contributed by atoms with E-state index in [4.69, 9.17) is 4.42 Å². The van der Waals surface area contributed by atoms with Crippen LogP contribution in [0.4, 0.5) is 0 Å². The van der Waals surface area contributed by atoms with Crippen LogP contribution in [0, 0.1) is 0 Å². The van der Waals surface area contributed by atoms with Gasteiger partial charge < -0.3 is 4.42 Å². The number of benzene rings is 1. The molecule has 0 amide bonds. The van der Waals surface area contributed by atoms with Crippen LogP contribution in [-0.4, -0.2) is 4.98 Å². The molecule has 0 unspecified atom stereocenters. The Hall–Kier alpha value is -2.16. The third-order valence-corrected chi connectivity index (χ3v) is 2.09. The Balaban J connectivity index is 2.54. The van der Waals surface area contributed by atoms with Gasteiger partial charge in [0.05, 0.1) is 10.9 Å². The van der Waals surface area contributed by atoms with Gasteiger partial charge in [0, 0.05) is 6.08 Å². The fraction of sp³-hybridized carbons (Fsp3) is 0.0769. The molecule has 0 aliphatic carbocycles. The maximum absolute atomic E-state index is 11.6. The number of allylic oxidation sites excluding steroid dienone is 3. The van der Waals surface area contributed by atoms with Crippen LogP contribution in [0.1, 0.15) is 12.8 Å². The predicted molar refractivity (Wildman–Crippen MR) is 64.1 cm³/mol. The topological polar surface area (TPSA) is 43.1 Å². The van der Waals surface area contributed by atoms with Gasteiger partial charge in [0.15, 0.2) is 0 Å². The third kappa shape index (κ3) is 2.08. The maximum atomic E-state index is 11.6. The fourth-order valence-electron chi connectivity index (χ4n) is 1.36. The molecule has 3 nitrogen and oxygen atoms in total. The minimum Gasteiger partial charge on any atom is -0.404 e. The zero-order valence-corrected chi connectivity index (χ0v) is 8.88. The minimum absolute atomic E-state index is 0.321. The van der Waals surface area contributed by atoms with Gasteiger partial charge in [-0.25, -0.2) is 9.78 Å². The van der Waals surface area contributed by atoms with Gasteiger partial charge in [-0.2, -0.15) is 0 Å². The van der Waals surface area contributed by atoms with E-state index in [9.17, 15) is 4.79 Å². The lowest BCUT2D eigenvalue weighted by atomic mass is 10.2. The van der Waals surface area contributed by atoms with Crippen molar-refractivity contribution in [2.24, 2.45) is 0 Å². The highest BCUT2D eigenvalue weighted by Crippen LogP contribution is 2.07. The van der Waals surface area contributed by atoms with Crippen molar-refractivity contribution in [3.05, 3.63) is 58.8 Å². The van der Waals surface area contributed by atoms with E-state index < -0.39 is 0 Å². The van der Waals surface area contributed by atoms with Crippen molar-refractivity contribution >= 4 is 17.0 Å². The second-order valence-electron chi connectivity index (χ2n) is 3.24. The van der Waals surface area contributed by atoms with E-state index >= 15 is 0 Å². The summed E-state index contributed by atoms with van der Waals surface area (Å²) in [6.07, 6.45) is 7.17. The summed E-state index contributed by atoms with van der Waals surface area (Å²) in [7, 11) is 0. The molecule has 0 bridgehead atoms. The molecule has 0 spiro atoms. The summed E-state index contributed by atoms with van der Waals surface area (Å²) in [5.41, 5.74) is 0.296. The lowest BCUT2D eigenvalue weighted by Crippen LogP contribution is -2.02. The van der Waals surface area contributed by atoms with Crippen LogP contribution in [0.3, 0.4) is 0 Å². The van der Waals surface area contributed by atoms with E-state index in [-0.39, 0.29) is 5.63 Å². The molecule has 0 fully saturated rings. The largest absolute Gasteiger partial charge is 0.404 e. The Labute approximate surface area is 92.7 Å². The molecular formula is C13H11NO2. The Morgan fingerprint density at radius 1 is 1.25 bits per heavy atom. The van der Waals surface area contributed by atoms with Gasteiger partial charge in [-0.05, 0) is 19.1 Å². The first-order chi connectivity index (χ1) is 7.81. The smallest absolute Gasteiger partial charge is 0.347 e. The van der Waals surface area contributed by atoms with Gasteiger partial charge in [0.2, 0.25) is 5.89 Å². The number of hydrogen-bond donors (Lipinski definition) is 0. The molecular weight excluding hydrogens is 202 g/mol. The number of para-hydroxylation sites is 1. The van der Waals surface area contributed by atoms with Crippen molar-refractivity contribution in [3.63, 3.8) is 0 Å². The first kappa shape index (κ1) is 10.4. The lowest BCUT2D eigenvalue weighted by molar-refractivity contribution is 0.490. The predicted octanol–water partition coefficient (Wildman–Crippen LogP) is 2.78. The monoisotopic (exact) mass is 213 g/mol. The minimum atomic E-state index is -0.356. The summed E-state index contributed by atoms with van der Waals surface area (Å²) in [5.74, 6) is 0.321. The van der Waals surface area contributed by atoms with Gasteiger partial charge in [0.1, 0.15) is 0 Å². The molecule has 2 rings (SSSR count). The van der Waals surface area contributed by atoms with Crippen LogP contribution in [0.2, 0.25) is 0 Å². The molecule has 2 aromatic rings. The van der Waals surface area contributed by atoms with Crippen LogP contribution in [0.25, 0.3) is 17.0 Å². The van der Waals surface area contributed by atoms with E-state index in [0.717, 1.165) is 0 Å². The number of fused-ring (bicyclic) bond motifs is 1. The molecule has 1 aromatic heterocycles. The normalized spacial score (nSPS) is 11.8. The summed E-state index contributed by atoms with van der Waals surface area (Å²) in [6, 6.07) is 7.12. The highest BCUT2D eigenvalue weighted by atomic mass is 16.4. The van der Waals surface area contributed by atoms with Gasteiger partial charge in [-0.3, -0.25) is 0 Å². The molecule has 0 aliphatic heterocycles. The number of aromatic nitrogens is 1. The van der Waals surface area contributed by atoms with Gasteiger partial charge in [0.25, 0.3) is 0 Å². The van der Waals surface area contributed by atoms with Gasteiger partial charge in [-0.15, -0.1) is 0 Å². The molecule has 1 heterocycles. The SMILES string of the molecule is C/C=C/C=C/c1nc2ccccc2c(=O)o1. The van der Waals surface area contributed by atoms with Crippen molar-refractivity contribution in [1.82, 2.24) is 4.98 Å². The van der Waals surface area contributed by atoms with Gasteiger partial charge in [-0.1, -0.05) is 30.4 Å². The van der Waals surface area contributed by atoms with Crippen LogP contribution < -0.4 is 5.63 Å². The highest BCUT2D eigenvalue weighted by Gasteiger charge is 2.02. The standard InChI is InChI=1S/C13H11NO2/c1-2-3-4-9-12-14-11-8-6-5-7-10(11)13(15)16-12/h2-9H,1H3/b3-2+,9-4+. The van der Waals surface area contributed by atoms with Crippen LogP contribution >= 0.6 is 0 Å². The average Bonchev–Trinajstić information content (AvgIpc) is 2.30. The van der Waals surface area contributed by atoms with Crippen LogP contribution in [0.15, 0.2) is 51.7 Å². The lowest BCUT2D eigenvalue weighted by Gasteiger charge is -1.95. The molecule has 3 heteroatoms. The van der Waals surface area contributed by atoms with Crippen molar-refractivity contribution < 1.29 is 4.42 Å². The molecule has 1 aromatic carbocycles. The first-order valence-corrected chi connectivity index (χ1v) is 5.00. The second-order valence-corrected chi connectivity index (χ2v) is 3.24. The molecule has 0 N–H and O–H groups in total. The van der Waals surface area contributed by atoms with E-state index in [1.807, 2.05) is 25.1 Å². The molecule has 0 saturated heterocycles. The zero-order chi connectivity index (χ0) is 11.4. The Bertz CT molecular complexity index is 609. The average molecular weight is 213 g/mol. The molecule has 80 valence electrons. The van der Waals surface area contributed by atoms with Crippen LogP contribution in [0.5, 0.6) is 0 Å². The molecule has 0 radical (unpaired) electrons. The molecule has 16 heavy (non-hydrogen) atoms. The quantitative estimate of drug-likeness (QED) is 0.720. The number of nitrogens with zero attached hydrogens (tertiary/aromatic N) is 1. The highest BCUT2D eigenvalue weighted by molar-refractivity contribution is 5.77. The number of rotatable bonds is 2. The van der Waals surface area contributed by atoms with E-state index in [0.29, 0.717) is 16.8 Å². The Kier molecular flexibility index (Phi) is 2.96. The number of hydrogen-bond acceptors (Lipinski definition) is 3. The van der Waals surface area contributed by atoms with Crippen molar-refractivity contribution in [2.75, 3.05) is 0 Å². The molecule has 0 saturated carbocycles. The summed E-state index contributed by atoms with van der Waals surface area (Å²) in [4.78, 5) is 15.8. The Morgan fingerprint density at radius 2 is 2.06 bits per heavy atom. The maximum Gasteiger partial charge on any atom is 0.347 e. The van der Waals surface area contributed by atoms with Crippen molar-refractivity contribution in [1.29, 1.82) is 0 Å². The van der Waals surface area contributed by atoms with Crippen LogP contribution in [-0.2, 0) is 0 Å². The van der Waals surface area contributed by atoms with Gasteiger partial charge >= 0.3 is 5.63 Å². The van der Waals surface area contributed by atoms with Crippen molar-refractivity contribution in [2.45, 2.75) is 6.92 Å².